The summed E-state index contributed by atoms with van der Waals surface area (Å²) in [6.45, 7) is 3.14. The van der Waals surface area contributed by atoms with Crippen molar-refractivity contribution in [2.75, 3.05) is 25.0 Å². The van der Waals surface area contributed by atoms with Crippen LogP contribution >= 0.6 is 0 Å². The van der Waals surface area contributed by atoms with Crippen LogP contribution in [0.15, 0.2) is 24.3 Å². The second kappa shape index (κ2) is 5.08. The van der Waals surface area contributed by atoms with Crippen LogP contribution in [0.5, 0.6) is 0 Å². The Kier molecular flexibility index (Phi) is 3.50. The first-order chi connectivity index (χ1) is 8.61. The van der Waals surface area contributed by atoms with Crippen LogP contribution in [0.3, 0.4) is 0 Å². The lowest BCUT2D eigenvalue weighted by atomic mass is 10.0. The van der Waals surface area contributed by atoms with Crippen molar-refractivity contribution < 1.29 is 9.59 Å². The summed E-state index contributed by atoms with van der Waals surface area (Å²) < 4.78 is 0. The topological polar surface area (TPSA) is 61.4 Å². The van der Waals surface area contributed by atoms with Gasteiger partial charge in [0.2, 0.25) is 5.91 Å². The number of carbonyl (C=O) groups excluding carboxylic acids is 2. The van der Waals surface area contributed by atoms with Crippen molar-refractivity contribution in [2.45, 2.75) is 12.8 Å². The van der Waals surface area contributed by atoms with Crippen molar-refractivity contribution in [3.63, 3.8) is 0 Å². The number of fused-ring (bicyclic) bond motifs is 1. The van der Waals surface area contributed by atoms with E-state index in [2.05, 4.69) is 23.6 Å². The van der Waals surface area contributed by atoms with Crippen molar-refractivity contribution in [1.29, 1.82) is 0 Å². The summed E-state index contributed by atoms with van der Waals surface area (Å²) in [5, 5.41) is 4.63. The molecule has 0 fully saturated rings. The summed E-state index contributed by atoms with van der Waals surface area (Å²) in [5.74, 6) is 0.118. The van der Waals surface area contributed by atoms with E-state index in [1.54, 1.807) is 0 Å². The first-order valence-corrected chi connectivity index (χ1v) is 5.97. The molecule has 2 rings (SSSR count). The molecule has 3 amide bonds. The lowest BCUT2D eigenvalue weighted by Crippen LogP contribution is -2.43. The van der Waals surface area contributed by atoms with E-state index in [1.165, 1.54) is 12.6 Å². The molecular formula is C13H17N3O2. The average molecular weight is 247 g/mol. The molecule has 0 radical (unpaired) electrons. The van der Waals surface area contributed by atoms with E-state index >= 15 is 0 Å². The molecule has 0 saturated heterocycles. The van der Waals surface area contributed by atoms with Gasteiger partial charge in [-0.1, -0.05) is 25.1 Å². The van der Waals surface area contributed by atoms with Crippen LogP contribution in [0.1, 0.15) is 18.4 Å². The summed E-state index contributed by atoms with van der Waals surface area (Å²) in [7, 11) is 1.48. The number of amides is 3. The fourth-order valence-electron chi connectivity index (χ4n) is 2.27. The zero-order chi connectivity index (χ0) is 13.1. The minimum absolute atomic E-state index is 0.203. The monoisotopic (exact) mass is 247 g/mol. The minimum Gasteiger partial charge on any atom is -0.361 e. The SMILES string of the molecule is CNC(=O)NC(=O)CN1C[C@H](C)c2ccccc21. The molecule has 1 aromatic carbocycles. The van der Waals surface area contributed by atoms with Crippen LogP contribution < -0.4 is 15.5 Å². The number of carbonyl (C=O) groups is 2. The summed E-state index contributed by atoms with van der Waals surface area (Å²) in [4.78, 5) is 24.7. The summed E-state index contributed by atoms with van der Waals surface area (Å²) >= 11 is 0. The molecule has 0 saturated carbocycles. The Balaban J connectivity index is 2.04. The van der Waals surface area contributed by atoms with Gasteiger partial charge in [0.15, 0.2) is 0 Å². The van der Waals surface area contributed by atoms with Crippen LogP contribution in [0.4, 0.5) is 10.5 Å². The third-order valence-corrected chi connectivity index (χ3v) is 3.12. The predicted octanol–water partition coefficient (Wildman–Crippen LogP) is 1.07. The molecule has 1 aromatic rings. The van der Waals surface area contributed by atoms with Gasteiger partial charge in [-0.25, -0.2) is 4.79 Å². The molecule has 0 unspecified atom stereocenters. The van der Waals surface area contributed by atoms with Gasteiger partial charge in [0.1, 0.15) is 0 Å². The van der Waals surface area contributed by atoms with Gasteiger partial charge >= 0.3 is 6.03 Å². The number of nitrogens with one attached hydrogen (secondary N) is 2. The number of rotatable bonds is 2. The first-order valence-electron chi connectivity index (χ1n) is 5.97. The highest BCUT2D eigenvalue weighted by atomic mass is 16.2. The normalized spacial score (nSPS) is 17.2. The molecule has 5 heteroatoms. The van der Waals surface area contributed by atoms with Crippen LogP contribution in [0.2, 0.25) is 0 Å². The lowest BCUT2D eigenvalue weighted by molar-refractivity contribution is -0.118. The summed E-state index contributed by atoms with van der Waals surface area (Å²) in [6, 6.07) is 7.58. The number of anilines is 1. The average Bonchev–Trinajstić information content (AvgIpc) is 2.67. The fourth-order valence-corrected chi connectivity index (χ4v) is 2.27. The van der Waals surface area contributed by atoms with Gasteiger partial charge in [-0.15, -0.1) is 0 Å². The van der Waals surface area contributed by atoms with Crippen LogP contribution in [-0.2, 0) is 4.79 Å². The van der Waals surface area contributed by atoms with Crippen molar-refractivity contribution in [2.24, 2.45) is 0 Å². The van der Waals surface area contributed by atoms with E-state index in [0.717, 1.165) is 12.2 Å². The van der Waals surface area contributed by atoms with E-state index in [9.17, 15) is 9.59 Å². The van der Waals surface area contributed by atoms with Crippen LogP contribution in [0, 0.1) is 0 Å². The van der Waals surface area contributed by atoms with E-state index in [-0.39, 0.29) is 12.5 Å². The first kappa shape index (κ1) is 12.4. The van der Waals surface area contributed by atoms with Crippen molar-refractivity contribution in [3.05, 3.63) is 29.8 Å². The standard InChI is InChI=1S/C13H17N3O2/c1-9-7-16(8-12(17)15-13(18)14-2)11-6-4-3-5-10(9)11/h3-6,9H,7-8H2,1-2H3,(H2,14,15,17,18)/t9-/m0/s1. The van der Waals surface area contributed by atoms with Crippen molar-refractivity contribution >= 4 is 17.6 Å². The van der Waals surface area contributed by atoms with E-state index < -0.39 is 6.03 Å². The molecule has 2 N–H and O–H groups in total. The zero-order valence-electron chi connectivity index (χ0n) is 10.6. The highest BCUT2D eigenvalue weighted by Crippen LogP contribution is 2.35. The largest absolute Gasteiger partial charge is 0.361 e. The predicted molar refractivity (Wildman–Crippen MR) is 69.7 cm³/mol. The Morgan fingerprint density at radius 1 is 1.39 bits per heavy atom. The lowest BCUT2D eigenvalue weighted by Gasteiger charge is -2.18. The highest BCUT2D eigenvalue weighted by molar-refractivity contribution is 5.96. The quantitative estimate of drug-likeness (QED) is 0.821. The van der Waals surface area contributed by atoms with Gasteiger partial charge in [0.25, 0.3) is 0 Å². The van der Waals surface area contributed by atoms with Crippen molar-refractivity contribution in [1.82, 2.24) is 10.6 Å². The molecule has 1 heterocycles. The fraction of sp³-hybridized carbons (Fsp3) is 0.385. The molecule has 0 aromatic heterocycles. The summed E-state index contributed by atoms with van der Waals surface area (Å²) in [6.07, 6.45) is 0. The van der Waals surface area contributed by atoms with Gasteiger partial charge in [0, 0.05) is 25.2 Å². The Morgan fingerprint density at radius 2 is 2.11 bits per heavy atom. The highest BCUT2D eigenvalue weighted by Gasteiger charge is 2.26. The van der Waals surface area contributed by atoms with E-state index in [0.29, 0.717) is 5.92 Å². The van der Waals surface area contributed by atoms with Crippen molar-refractivity contribution in [3.8, 4) is 0 Å². The van der Waals surface area contributed by atoms with Gasteiger partial charge in [0.05, 0.1) is 6.54 Å². The number of hydrogen-bond acceptors (Lipinski definition) is 3. The molecular weight excluding hydrogens is 230 g/mol. The third-order valence-electron chi connectivity index (χ3n) is 3.12. The number of para-hydroxylation sites is 1. The molecule has 0 aliphatic carbocycles. The van der Waals surface area contributed by atoms with Gasteiger partial charge in [-0.2, -0.15) is 0 Å². The molecule has 0 spiro atoms. The summed E-state index contributed by atoms with van der Waals surface area (Å²) in [5.41, 5.74) is 2.34. The second-order valence-electron chi connectivity index (χ2n) is 4.47. The second-order valence-corrected chi connectivity index (χ2v) is 4.47. The maximum atomic E-state index is 11.7. The minimum atomic E-state index is -0.472. The van der Waals surface area contributed by atoms with E-state index in [4.69, 9.17) is 0 Å². The molecule has 1 atom stereocenters. The Hall–Kier alpha value is -2.04. The van der Waals surface area contributed by atoms with Crippen LogP contribution in [-0.4, -0.2) is 32.1 Å². The Bertz CT molecular complexity index is 473. The maximum Gasteiger partial charge on any atom is 0.321 e. The molecule has 0 bridgehead atoms. The molecule has 18 heavy (non-hydrogen) atoms. The molecule has 1 aliphatic rings. The number of hydrogen-bond donors (Lipinski definition) is 2. The van der Waals surface area contributed by atoms with Gasteiger partial charge in [-0.3, -0.25) is 10.1 Å². The Labute approximate surface area is 106 Å². The number of nitrogens with zero attached hydrogens (tertiary/aromatic N) is 1. The number of benzene rings is 1. The number of imide groups is 1. The van der Waals surface area contributed by atoms with E-state index in [1.807, 2.05) is 23.1 Å². The Morgan fingerprint density at radius 3 is 2.83 bits per heavy atom. The zero-order valence-corrected chi connectivity index (χ0v) is 10.6. The smallest absolute Gasteiger partial charge is 0.321 e. The molecule has 1 aliphatic heterocycles. The maximum absolute atomic E-state index is 11.7. The number of urea groups is 1. The van der Waals surface area contributed by atoms with Crippen LogP contribution in [0.25, 0.3) is 0 Å². The van der Waals surface area contributed by atoms with Gasteiger partial charge < -0.3 is 10.2 Å². The molecule has 5 nitrogen and oxygen atoms in total. The molecule has 96 valence electrons. The van der Waals surface area contributed by atoms with Gasteiger partial charge in [-0.05, 0) is 11.6 Å². The third kappa shape index (κ3) is 2.45.